The van der Waals surface area contributed by atoms with E-state index in [4.69, 9.17) is 11.6 Å². The molecule has 0 aliphatic carbocycles. The molecule has 1 aromatic carbocycles. The van der Waals surface area contributed by atoms with Crippen molar-refractivity contribution in [3.63, 3.8) is 0 Å². The van der Waals surface area contributed by atoms with Crippen LogP contribution in [0.2, 0.25) is 5.02 Å². The van der Waals surface area contributed by atoms with Gasteiger partial charge in [-0.2, -0.15) is 0 Å². The summed E-state index contributed by atoms with van der Waals surface area (Å²) in [6, 6.07) is 5.45. The van der Waals surface area contributed by atoms with Crippen LogP contribution in [0.3, 0.4) is 0 Å². The van der Waals surface area contributed by atoms with Crippen LogP contribution < -0.4 is 5.32 Å². The van der Waals surface area contributed by atoms with Gasteiger partial charge in [0, 0.05) is 17.6 Å². The average Bonchev–Trinajstić information content (AvgIpc) is 2.80. The third kappa shape index (κ3) is 2.87. The number of rotatable bonds is 1. The Bertz CT molecular complexity index is 509. The zero-order valence-electron chi connectivity index (χ0n) is 11.2. The number of benzene rings is 1. The summed E-state index contributed by atoms with van der Waals surface area (Å²) in [4.78, 5) is 14.6. The monoisotopic (exact) mass is 356 g/mol. The van der Waals surface area contributed by atoms with E-state index in [-0.39, 0.29) is 5.91 Å². The summed E-state index contributed by atoms with van der Waals surface area (Å²) in [6.07, 6.45) is 2.18. The maximum atomic E-state index is 12.7. The summed E-state index contributed by atoms with van der Waals surface area (Å²) >= 11 is 9.57. The fraction of sp³-hybridized carbons (Fsp3) is 0.533. The van der Waals surface area contributed by atoms with Gasteiger partial charge in [-0.25, -0.2) is 0 Å². The topological polar surface area (TPSA) is 32.3 Å². The van der Waals surface area contributed by atoms with E-state index in [1.165, 1.54) is 0 Å². The number of fused-ring (bicyclic) bond motifs is 1. The van der Waals surface area contributed by atoms with Crippen LogP contribution in [0.25, 0.3) is 0 Å². The van der Waals surface area contributed by atoms with E-state index < -0.39 is 0 Å². The smallest absolute Gasteiger partial charge is 0.255 e. The molecule has 3 nitrogen and oxygen atoms in total. The van der Waals surface area contributed by atoms with Crippen LogP contribution in [-0.4, -0.2) is 37.0 Å². The highest BCUT2D eigenvalue weighted by Crippen LogP contribution is 2.29. The van der Waals surface area contributed by atoms with Crippen molar-refractivity contribution in [3.05, 3.63) is 33.3 Å². The molecule has 0 bridgehead atoms. The Kier molecular flexibility index (Phi) is 4.34. The van der Waals surface area contributed by atoms with E-state index >= 15 is 0 Å². The minimum absolute atomic E-state index is 0.0595. The van der Waals surface area contributed by atoms with Crippen LogP contribution in [-0.2, 0) is 0 Å². The second kappa shape index (κ2) is 6.04. The predicted molar refractivity (Wildman–Crippen MR) is 84.1 cm³/mol. The van der Waals surface area contributed by atoms with Crippen molar-refractivity contribution in [1.29, 1.82) is 0 Å². The van der Waals surface area contributed by atoms with Crippen molar-refractivity contribution in [1.82, 2.24) is 10.2 Å². The number of hydrogen-bond acceptors (Lipinski definition) is 2. The first-order valence-electron chi connectivity index (χ1n) is 7.10. The van der Waals surface area contributed by atoms with Gasteiger partial charge in [0.2, 0.25) is 0 Å². The van der Waals surface area contributed by atoms with Crippen molar-refractivity contribution in [2.24, 2.45) is 11.8 Å². The van der Waals surface area contributed by atoms with Crippen molar-refractivity contribution in [2.75, 3.05) is 26.2 Å². The molecule has 0 saturated carbocycles. The normalized spacial score (nSPS) is 26.2. The van der Waals surface area contributed by atoms with Gasteiger partial charge in [0.05, 0.1) is 10.6 Å². The lowest BCUT2D eigenvalue weighted by atomic mass is 9.92. The molecule has 0 spiro atoms. The van der Waals surface area contributed by atoms with E-state index in [9.17, 15) is 4.79 Å². The van der Waals surface area contributed by atoms with E-state index in [0.717, 1.165) is 55.3 Å². The van der Waals surface area contributed by atoms with Gasteiger partial charge >= 0.3 is 0 Å². The molecular formula is C15H18BrClN2O. The van der Waals surface area contributed by atoms with Gasteiger partial charge in [-0.15, -0.1) is 0 Å². The molecule has 0 aromatic heterocycles. The van der Waals surface area contributed by atoms with Crippen LogP contribution in [0.4, 0.5) is 0 Å². The number of amides is 1. The Balaban J connectivity index is 1.75. The molecule has 5 heteroatoms. The fourth-order valence-corrected chi connectivity index (χ4v) is 3.81. The van der Waals surface area contributed by atoms with Crippen LogP contribution in [0.15, 0.2) is 22.7 Å². The second-order valence-electron chi connectivity index (χ2n) is 5.67. The van der Waals surface area contributed by atoms with Crippen molar-refractivity contribution in [3.8, 4) is 0 Å². The highest BCUT2D eigenvalue weighted by atomic mass is 79.9. The molecule has 1 amide bonds. The Morgan fingerprint density at radius 2 is 1.90 bits per heavy atom. The summed E-state index contributed by atoms with van der Waals surface area (Å²) < 4.78 is 0.890. The molecule has 0 unspecified atom stereocenters. The number of halogens is 2. The molecule has 0 radical (unpaired) electrons. The third-order valence-corrected chi connectivity index (χ3v) is 5.29. The zero-order chi connectivity index (χ0) is 14.1. The number of nitrogens with one attached hydrogen (secondary N) is 1. The maximum Gasteiger partial charge on any atom is 0.255 e. The molecular weight excluding hydrogens is 340 g/mol. The minimum atomic E-state index is 0.0595. The number of hydrogen-bond donors (Lipinski definition) is 1. The van der Waals surface area contributed by atoms with E-state index in [1.807, 2.05) is 17.0 Å². The van der Waals surface area contributed by atoms with Crippen LogP contribution in [0.5, 0.6) is 0 Å². The van der Waals surface area contributed by atoms with Gasteiger partial charge in [-0.05, 0) is 56.0 Å². The first-order chi connectivity index (χ1) is 9.65. The van der Waals surface area contributed by atoms with Crippen LogP contribution in [0.1, 0.15) is 23.2 Å². The maximum absolute atomic E-state index is 12.7. The molecule has 2 saturated heterocycles. The average molecular weight is 358 g/mol. The lowest BCUT2D eigenvalue weighted by Crippen LogP contribution is -2.33. The number of carbonyl (C=O) groups is 1. The second-order valence-corrected chi connectivity index (χ2v) is 7.00. The standard InChI is InChI=1S/C15H18BrClN2O/c16-12-1-2-14(17)13(7-12)15(20)19-5-3-10-8-18-9-11(10)4-6-19/h1-2,7,10-11,18H,3-6,8-9H2/t10-,11+. The van der Waals surface area contributed by atoms with E-state index in [2.05, 4.69) is 21.2 Å². The third-order valence-electron chi connectivity index (χ3n) is 4.47. The molecule has 2 aliphatic heterocycles. The molecule has 2 fully saturated rings. The highest BCUT2D eigenvalue weighted by Gasteiger charge is 2.32. The number of nitrogens with zero attached hydrogens (tertiary/aromatic N) is 1. The van der Waals surface area contributed by atoms with Crippen molar-refractivity contribution < 1.29 is 4.79 Å². The van der Waals surface area contributed by atoms with Crippen molar-refractivity contribution >= 4 is 33.4 Å². The molecule has 3 rings (SSSR count). The summed E-state index contributed by atoms with van der Waals surface area (Å²) in [5, 5.41) is 3.99. The first kappa shape index (κ1) is 14.4. The first-order valence-corrected chi connectivity index (χ1v) is 8.27. The molecule has 2 aliphatic rings. The van der Waals surface area contributed by atoms with Gasteiger partial charge in [0.25, 0.3) is 5.91 Å². The zero-order valence-corrected chi connectivity index (χ0v) is 13.6. The van der Waals surface area contributed by atoms with Gasteiger partial charge in [-0.3, -0.25) is 4.79 Å². The summed E-state index contributed by atoms with van der Waals surface area (Å²) in [5.41, 5.74) is 0.603. The summed E-state index contributed by atoms with van der Waals surface area (Å²) in [7, 11) is 0. The van der Waals surface area contributed by atoms with Gasteiger partial charge < -0.3 is 10.2 Å². The lowest BCUT2D eigenvalue weighted by Gasteiger charge is -2.21. The Morgan fingerprint density at radius 3 is 2.55 bits per heavy atom. The quantitative estimate of drug-likeness (QED) is 0.837. The van der Waals surface area contributed by atoms with Crippen LogP contribution >= 0.6 is 27.5 Å². The summed E-state index contributed by atoms with van der Waals surface area (Å²) in [6.45, 7) is 3.88. The SMILES string of the molecule is O=C(c1cc(Br)ccc1Cl)N1CC[C@@H]2CNC[C@@H]2CC1. The van der Waals surface area contributed by atoms with Crippen molar-refractivity contribution in [2.45, 2.75) is 12.8 Å². The number of likely N-dealkylation sites (tertiary alicyclic amines) is 1. The van der Waals surface area contributed by atoms with E-state index in [1.54, 1.807) is 6.07 Å². The molecule has 108 valence electrons. The molecule has 2 atom stereocenters. The fourth-order valence-electron chi connectivity index (χ4n) is 3.25. The van der Waals surface area contributed by atoms with Crippen LogP contribution in [0, 0.1) is 11.8 Å². The number of carbonyl (C=O) groups excluding carboxylic acids is 1. The van der Waals surface area contributed by atoms with Gasteiger partial charge in [0.15, 0.2) is 0 Å². The molecule has 1 N–H and O–H groups in total. The van der Waals surface area contributed by atoms with E-state index in [0.29, 0.717) is 10.6 Å². The molecule has 1 aromatic rings. The lowest BCUT2D eigenvalue weighted by molar-refractivity contribution is 0.0758. The predicted octanol–water partition coefficient (Wildman–Crippen LogP) is 3.17. The Labute approximate surface area is 132 Å². The van der Waals surface area contributed by atoms with Gasteiger partial charge in [0.1, 0.15) is 0 Å². The Hall–Kier alpha value is -0.580. The summed E-state index contributed by atoms with van der Waals surface area (Å²) in [5.74, 6) is 1.51. The van der Waals surface area contributed by atoms with Gasteiger partial charge in [-0.1, -0.05) is 27.5 Å². The largest absolute Gasteiger partial charge is 0.339 e. The minimum Gasteiger partial charge on any atom is -0.339 e. The Morgan fingerprint density at radius 1 is 1.25 bits per heavy atom. The molecule has 2 heterocycles. The molecule has 20 heavy (non-hydrogen) atoms. The highest BCUT2D eigenvalue weighted by molar-refractivity contribution is 9.10.